The zero-order chi connectivity index (χ0) is 42.2. The first-order valence-electron chi connectivity index (χ1n) is 19.2. The van der Waals surface area contributed by atoms with E-state index < -0.39 is 0 Å². The second kappa shape index (κ2) is 18.5. The Kier molecular flexibility index (Phi) is 12.5. The van der Waals surface area contributed by atoms with Crippen LogP contribution in [0.3, 0.4) is 0 Å². The highest BCUT2D eigenvalue weighted by Gasteiger charge is 2.20. The second-order valence-corrected chi connectivity index (χ2v) is 15.3. The molecule has 296 valence electrons. The molecule has 4 aromatic carbocycles. The summed E-state index contributed by atoms with van der Waals surface area (Å²) in [6, 6.07) is 32.6. The lowest BCUT2D eigenvalue weighted by molar-refractivity contribution is 0.102. The van der Waals surface area contributed by atoms with Crippen LogP contribution >= 0.6 is 11.3 Å². The number of aromatic nitrogens is 4. The number of terminal acetylenes is 2. The third kappa shape index (κ3) is 9.16. The van der Waals surface area contributed by atoms with E-state index in [1.54, 1.807) is 30.3 Å². The van der Waals surface area contributed by atoms with E-state index in [4.69, 9.17) is 26.7 Å². The first-order chi connectivity index (χ1) is 29.1. The molecule has 4 aromatic heterocycles. The van der Waals surface area contributed by atoms with Gasteiger partial charge in [-0.25, -0.2) is 19.9 Å². The van der Waals surface area contributed by atoms with Crippen LogP contribution in [0.25, 0.3) is 44.3 Å². The number of benzene rings is 4. The van der Waals surface area contributed by atoms with Crippen molar-refractivity contribution < 1.29 is 23.5 Å². The molecule has 0 spiro atoms. The topological polar surface area (TPSA) is 117 Å². The summed E-state index contributed by atoms with van der Waals surface area (Å²) >= 11 is 1.38. The van der Waals surface area contributed by atoms with Gasteiger partial charge in [-0.15, -0.1) is 24.2 Å². The number of rotatable bonds is 12. The summed E-state index contributed by atoms with van der Waals surface area (Å²) in [6.45, 7) is 8.95. The summed E-state index contributed by atoms with van der Waals surface area (Å²) in [7, 11) is 0. The lowest BCUT2D eigenvalue weighted by Gasteiger charge is -2.11. The Balaban J connectivity index is 0.000000181. The maximum absolute atomic E-state index is 12.9. The fraction of sp³-hybridized carbons (Fsp3) is 0.160. The molecule has 10 heteroatoms. The van der Waals surface area contributed by atoms with E-state index >= 15 is 0 Å². The largest absolute Gasteiger partial charge is 0.481 e. The van der Waals surface area contributed by atoms with Crippen LogP contribution in [0, 0.1) is 24.7 Å². The molecule has 0 saturated carbocycles. The van der Waals surface area contributed by atoms with Gasteiger partial charge in [-0.2, -0.15) is 0 Å². The van der Waals surface area contributed by atoms with Crippen LogP contribution in [0.2, 0.25) is 0 Å². The standard InChI is InChI=1S/C25H20N2O3.C25H20N2O2S/c1-4-12-30-20-9-10-22-21(14-20)23(18-7-5-17(6-8-18)16(2)3)27-25(26-22)24(28)19-11-13-29-15-19;1-4-13-29-19-11-12-21-20(15-19)23(18-9-7-17(8-10-18)16(2)3)27-25(26-21)24(28)22-6-5-14-30-22/h1,5-11,13-16H,12H2,2-3H3;1,5-12,14-16H,13H2,2-3H3. The molecular weight excluding hydrogens is 769 g/mol. The SMILES string of the molecule is C#CCOc1ccc2nc(C(=O)c3cccs3)nc(-c3ccc(C(C)C)cc3)c2c1.C#CCOc1ccc2nc(C(=O)c3ccoc3)nc(-c3ccc(C(C)C)cc3)c2c1. The number of ether oxygens (including phenoxy) is 2. The van der Waals surface area contributed by atoms with Crippen molar-refractivity contribution in [3.63, 3.8) is 0 Å². The molecule has 0 aliphatic carbocycles. The molecule has 0 saturated heterocycles. The van der Waals surface area contributed by atoms with E-state index in [9.17, 15) is 9.59 Å². The smallest absolute Gasteiger partial charge is 0.240 e. The first-order valence-corrected chi connectivity index (χ1v) is 20.1. The van der Waals surface area contributed by atoms with Gasteiger partial charge in [0, 0.05) is 21.9 Å². The normalized spacial score (nSPS) is 10.9. The number of ketones is 2. The molecule has 4 heterocycles. The highest BCUT2D eigenvalue weighted by Crippen LogP contribution is 2.33. The molecule has 0 radical (unpaired) electrons. The Morgan fingerprint density at radius 1 is 0.650 bits per heavy atom. The predicted octanol–water partition coefficient (Wildman–Crippen LogP) is 11.0. The van der Waals surface area contributed by atoms with Gasteiger partial charge in [-0.3, -0.25) is 9.59 Å². The Hall–Kier alpha value is -7.40. The molecule has 0 N–H and O–H groups in total. The average Bonchev–Trinajstić information content (AvgIpc) is 4.03. The Labute approximate surface area is 352 Å². The molecule has 60 heavy (non-hydrogen) atoms. The van der Waals surface area contributed by atoms with Gasteiger partial charge in [0.05, 0.1) is 39.1 Å². The van der Waals surface area contributed by atoms with Gasteiger partial charge >= 0.3 is 0 Å². The van der Waals surface area contributed by atoms with Crippen LogP contribution in [0.5, 0.6) is 11.5 Å². The van der Waals surface area contributed by atoms with Crippen molar-refractivity contribution in [3.05, 3.63) is 154 Å². The summed E-state index contributed by atoms with van der Waals surface area (Å²) < 4.78 is 16.2. The van der Waals surface area contributed by atoms with Gasteiger partial charge in [-0.05, 0) is 76.9 Å². The Morgan fingerprint density at radius 3 is 1.57 bits per heavy atom. The number of hydrogen-bond donors (Lipinski definition) is 0. The van der Waals surface area contributed by atoms with E-state index in [0.29, 0.717) is 56.2 Å². The van der Waals surface area contributed by atoms with Crippen LogP contribution in [0.15, 0.2) is 125 Å². The monoisotopic (exact) mass is 808 g/mol. The summed E-state index contributed by atoms with van der Waals surface area (Å²) in [4.78, 5) is 44.7. The predicted molar refractivity (Wildman–Crippen MR) is 237 cm³/mol. The van der Waals surface area contributed by atoms with Crippen molar-refractivity contribution >= 4 is 44.7 Å². The van der Waals surface area contributed by atoms with Gasteiger partial charge in [0.2, 0.25) is 23.2 Å². The number of furan rings is 1. The average molecular weight is 809 g/mol. The lowest BCUT2D eigenvalue weighted by Crippen LogP contribution is -2.08. The van der Waals surface area contributed by atoms with Crippen molar-refractivity contribution in [1.82, 2.24) is 19.9 Å². The van der Waals surface area contributed by atoms with Gasteiger partial charge < -0.3 is 13.9 Å². The number of nitrogens with zero attached hydrogens (tertiary/aromatic N) is 4. The van der Waals surface area contributed by atoms with Crippen LogP contribution in [-0.2, 0) is 0 Å². The van der Waals surface area contributed by atoms with E-state index in [1.165, 1.54) is 35.0 Å². The van der Waals surface area contributed by atoms with Crippen LogP contribution in [0.1, 0.15) is 82.3 Å². The molecule has 0 atom stereocenters. The molecule has 8 aromatic rings. The lowest BCUT2D eigenvalue weighted by atomic mass is 9.99. The number of thiophene rings is 1. The van der Waals surface area contributed by atoms with Gasteiger partial charge in [-0.1, -0.05) is 94.1 Å². The quantitative estimate of drug-likeness (QED) is 0.0878. The molecule has 0 aliphatic rings. The maximum Gasteiger partial charge on any atom is 0.240 e. The molecule has 0 unspecified atom stereocenters. The molecular formula is C50H40N4O5S. The second-order valence-electron chi connectivity index (χ2n) is 14.3. The van der Waals surface area contributed by atoms with E-state index in [0.717, 1.165) is 21.9 Å². The van der Waals surface area contributed by atoms with Crippen molar-refractivity contribution in [3.8, 4) is 58.7 Å². The molecule has 8 rings (SSSR count). The summed E-state index contributed by atoms with van der Waals surface area (Å²) in [5.74, 6) is 6.87. The van der Waals surface area contributed by atoms with Gasteiger partial charge in [0.25, 0.3) is 0 Å². The summed E-state index contributed by atoms with van der Waals surface area (Å²) in [5.41, 5.74) is 7.37. The van der Waals surface area contributed by atoms with Crippen LogP contribution < -0.4 is 9.47 Å². The highest BCUT2D eigenvalue weighted by molar-refractivity contribution is 7.12. The molecule has 0 aliphatic heterocycles. The van der Waals surface area contributed by atoms with E-state index in [-0.39, 0.29) is 36.4 Å². The summed E-state index contributed by atoms with van der Waals surface area (Å²) in [5, 5.41) is 3.46. The van der Waals surface area contributed by atoms with Gasteiger partial charge in [0.15, 0.2) is 0 Å². The first kappa shape index (κ1) is 40.8. The fourth-order valence-electron chi connectivity index (χ4n) is 6.38. The highest BCUT2D eigenvalue weighted by atomic mass is 32.1. The Bertz CT molecular complexity index is 2670. The van der Waals surface area contributed by atoms with Crippen molar-refractivity contribution in [1.29, 1.82) is 0 Å². The van der Waals surface area contributed by atoms with Gasteiger partial charge in [0.1, 0.15) is 31.0 Å². The maximum atomic E-state index is 12.9. The molecule has 0 amide bonds. The number of carbonyl (C=O) groups is 2. The van der Waals surface area contributed by atoms with E-state index in [2.05, 4.69) is 83.7 Å². The van der Waals surface area contributed by atoms with E-state index in [1.807, 2.05) is 53.9 Å². The minimum Gasteiger partial charge on any atom is -0.481 e. The zero-order valence-corrected chi connectivity index (χ0v) is 34.3. The molecule has 0 bridgehead atoms. The fourth-order valence-corrected chi connectivity index (χ4v) is 7.04. The third-order valence-electron chi connectivity index (χ3n) is 9.61. The minimum absolute atomic E-state index is 0.115. The van der Waals surface area contributed by atoms with Crippen LogP contribution in [-0.4, -0.2) is 44.7 Å². The zero-order valence-electron chi connectivity index (χ0n) is 33.5. The Morgan fingerprint density at radius 2 is 1.15 bits per heavy atom. The van der Waals surface area contributed by atoms with Crippen LogP contribution in [0.4, 0.5) is 0 Å². The van der Waals surface area contributed by atoms with Crippen molar-refractivity contribution in [2.24, 2.45) is 0 Å². The number of fused-ring (bicyclic) bond motifs is 2. The minimum atomic E-state index is -0.293. The summed E-state index contributed by atoms with van der Waals surface area (Å²) in [6.07, 6.45) is 13.5. The molecule has 9 nitrogen and oxygen atoms in total. The number of hydrogen-bond acceptors (Lipinski definition) is 10. The van der Waals surface area contributed by atoms with Crippen molar-refractivity contribution in [2.45, 2.75) is 39.5 Å². The molecule has 0 fully saturated rings. The number of carbonyl (C=O) groups excluding carboxylic acids is 2. The van der Waals surface area contributed by atoms with Crippen molar-refractivity contribution in [2.75, 3.05) is 13.2 Å². The third-order valence-corrected chi connectivity index (χ3v) is 10.5.